The second kappa shape index (κ2) is 4.98. The van der Waals surface area contributed by atoms with Gasteiger partial charge in [-0.05, 0) is 26.0 Å². The first kappa shape index (κ1) is 12.9. The van der Waals surface area contributed by atoms with Crippen LogP contribution in [0.4, 0.5) is 0 Å². The fourth-order valence-electron chi connectivity index (χ4n) is 1.67. The fourth-order valence-corrected chi connectivity index (χ4v) is 1.74. The topological polar surface area (TPSA) is 55.1 Å². The molecule has 2 aromatic rings. The first-order valence-electron chi connectivity index (χ1n) is 5.72. The molecule has 0 aliphatic carbocycles. The lowest BCUT2D eigenvalue weighted by molar-refractivity contribution is -0.121. The summed E-state index contributed by atoms with van der Waals surface area (Å²) in [6.45, 7) is 3.75. The van der Waals surface area contributed by atoms with Gasteiger partial charge in [-0.3, -0.25) is 4.79 Å². The van der Waals surface area contributed by atoms with E-state index in [0.717, 1.165) is 5.39 Å². The van der Waals surface area contributed by atoms with Gasteiger partial charge in [0.05, 0.1) is 6.42 Å². The van der Waals surface area contributed by atoms with E-state index in [4.69, 9.17) is 16.1 Å². The second-order valence-corrected chi connectivity index (χ2v) is 5.14. The Bertz CT molecular complexity index is 563. The van der Waals surface area contributed by atoms with Crippen molar-refractivity contribution in [2.24, 2.45) is 0 Å². The molecular formula is C13H15ClN2O2. The van der Waals surface area contributed by atoms with Crippen molar-refractivity contribution in [2.45, 2.75) is 25.8 Å². The highest BCUT2D eigenvalue weighted by atomic mass is 35.5. The number of amides is 1. The Hall–Kier alpha value is -1.55. The minimum Gasteiger partial charge on any atom is -0.356 e. The van der Waals surface area contributed by atoms with Gasteiger partial charge in [-0.25, -0.2) is 0 Å². The van der Waals surface area contributed by atoms with Crippen LogP contribution in [-0.2, 0) is 11.2 Å². The van der Waals surface area contributed by atoms with Crippen molar-refractivity contribution in [1.29, 1.82) is 0 Å². The zero-order valence-electron chi connectivity index (χ0n) is 10.4. The predicted molar refractivity (Wildman–Crippen MR) is 70.7 cm³/mol. The van der Waals surface area contributed by atoms with Gasteiger partial charge in [0, 0.05) is 16.8 Å². The number of carbonyl (C=O) groups is 1. The molecule has 0 fully saturated rings. The van der Waals surface area contributed by atoms with Gasteiger partial charge in [0.25, 0.3) is 0 Å². The standard InChI is InChI=1S/C13H15ClN2O2/c1-13(2,8-14)15-12(17)7-10-9-5-3-4-6-11(9)18-16-10/h3-6H,7-8H2,1-2H3,(H,15,17). The minimum absolute atomic E-state index is 0.111. The van der Waals surface area contributed by atoms with Crippen LogP contribution >= 0.6 is 11.6 Å². The Morgan fingerprint density at radius 3 is 2.89 bits per heavy atom. The molecule has 0 saturated carbocycles. The molecule has 5 heteroatoms. The monoisotopic (exact) mass is 266 g/mol. The lowest BCUT2D eigenvalue weighted by atomic mass is 10.1. The number of rotatable bonds is 4. The first-order chi connectivity index (χ1) is 8.52. The number of nitrogens with one attached hydrogen (secondary N) is 1. The van der Waals surface area contributed by atoms with E-state index in [1.54, 1.807) is 0 Å². The number of carbonyl (C=O) groups excluding carboxylic acids is 1. The van der Waals surface area contributed by atoms with Gasteiger partial charge in [-0.2, -0.15) is 0 Å². The molecule has 0 atom stereocenters. The van der Waals surface area contributed by atoms with Crippen molar-refractivity contribution in [1.82, 2.24) is 10.5 Å². The van der Waals surface area contributed by atoms with Crippen LogP contribution in [0, 0.1) is 0 Å². The zero-order valence-corrected chi connectivity index (χ0v) is 11.1. The molecule has 2 rings (SSSR count). The van der Waals surface area contributed by atoms with Gasteiger partial charge >= 0.3 is 0 Å². The Labute approximate surface area is 110 Å². The number of hydrogen-bond acceptors (Lipinski definition) is 3. The summed E-state index contributed by atoms with van der Waals surface area (Å²) in [5.74, 6) is 0.248. The average Bonchev–Trinajstić information content (AvgIpc) is 2.72. The molecule has 0 aliphatic rings. The van der Waals surface area contributed by atoms with Crippen LogP contribution in [0.25, 0.3) is 11.0 Å². The third-order valence-corrected chi connectivity index (χ3v) is 3.26. The van der Waals surface area contributed by atoms with Gasteiger partial charge in [0.15, 0.2) is 5.58 Å². The van der Waals surface area contributed by atoms with Crippen LogP contribution in [0.5, 0.6) is 0 Å². The first-order valence-corrected chi connectivity index (χ1v) is 6.25. The summed E-state index contributed by atoms with van der Waals surface area (Å²) in [6.07, 6.45) is 0.192. The highest BCUT2D eigenvalue weighted by molar-refractivity contribution is 6.18. The molecule has 4 nitrogen and oxygen atoms in total. The summed E-state index contributed by atoms with van der Waals surface area (Å²) in [7, 11) is 0. The molecule has 0 spiro atoms. The van der Waals surface area contributed by atoms with E-state index in [1.165, 1.54) is 0 Å². The van der Waals surface area contributed by atoms with E-state index in [0.29, 0.717) is 17.2 Å². The molecule has 0 aliphatic heterocycles. The summed E-state index contributed by atoms with van der Waals surface area (Å²) >= 11 is 5.77. The molecule has 0 saturated heterocycles. The lowest BCUT2D eigenvalue weighted by Crippen LogP contribution is -2.45. The number of aromatic nitrogens is 1. The lowest BCUT2D eigenvalue weighted by Gasteiger charge is -2.22. The molecule has 1 N–H and O–H groups in total. The molecule has 1 aromatic carbocycles. The largest absolute Gasteiger partial charge is 0.356 e. The third kappa shape index (κ3) is 2.82. The minimum atomic E-state index is -0.418. The maximum absolute atomic E-state index is 11.9. The molecule has 0 unspecified atom stereocenters. The number of alkyl halides is 1. The maximum Gasteiger partial charge on any atom is 0.226 e. The van der Waals surface area contributed by atoms with Crippen LogP contribution in [-0.4, -0.2) is 22.5 Å². The van der Waals surface area contributed by atoms with Crippen molar-refractivity contribution in [3.05, 3.63) is 30.0 Å². The van der Waals surface area contributed by atoms with E-state index < -0.39 is 5.54 Å². The van der Waals surface area contributed by atoms with Crippen molar-refractivity contribution in [3.63, 3.8) is 0 Å². The normalized spacial score (nSPS) is 11.7. The highest BCUT2D eigenvalue weighted by Gasteiger charge is 2.20. The van der Waals surface area contributed by atoms with E-state index in [-0.39, 0.29) is 12.3 Å². The number of para-hydroxylation sites is 1. The molecule has 96 valence electrons. The van der Waals surface area contributed by atoms with Crippen LogP contribution in [0.1, 0.15) is 19.5 Å². The molecule has 0 radical (unpaired) electrons. The van der Waals surface area contributed by atoms with E-state index >= 15 is 0 Å². The molecular weight excluding hydrogens is 252 g/mol. The Morgan fingerprint density at radius 1 is 1.44 bits per heavy atom. The van der Waals surface area contributed by atoms with Crippen LogP contribution in [0.2, 0.25) is 0 Å². The average molecular weight is 267 g/mol. The van der Waals surface area contributed by atoms with Crippen molar-refractivity contribution < 1.29 is 9.32 Å². The Morgan fingerprint density at radius 2 is 2.17 bits per heavy atom. The maximum atomic E-state index is 11.9. The SMILES string of the molecule is CC(C)(CCl)NC(=O)Cc1noc2ccccc12. The number of fused-ring (bicyclic) bond motifs is 1. The molecule has 1 amide bonds. The predicted octanol–water partition coefficient (Wildman–Crippen LogP) is 2.50. The summed E-state index contributed by atoms with van der Waals surface area (Å²) in [6, 6.07) is 7.48. The third-order valence-electron chi connectivity index (χ3n) is 2.59. The smallest absolute Gasteiger partial charge is 0.226 e. The van der Waals surface area contributed by atoms with Crippen LogP contribution < -0.4 is 5.32 Å². The number of benzene rings is 1. The Balaban J connectivity index is 2.12. The summed E-state index contributed by atoms with van der Waals surface area (Å²) in [5, 5.41) is 7.65. The van der Waals surface area contributed by atoms with Crippen molar-refractivity contribution in [3.8, 4) is 0 Å². The summed E-state index contributed by atoms with van der Waals surface area (Å²) in [4.78, 5) is 11.9. The van der Waals surface area contributed by atoms with Crippen molar-refractivity contribution in [2.75, 3.05) is 5.88 Å². The van der Waals surface area contributed by atoms with Crippen LogP contribution in [0.15, 0.2) is 28.8 Å². The van der Waals surface area contributed by atoms with Gasteiger partial charge < -0.3 is 9.84 Å². The molecule has 1 aromatic heterocycles. The second-order valence-electron chi connectivity index (χ2n) is 4.87. The van der Waals surface area contributed by atoms with E-state index in [9.17, 15) is 4.79 Å². The molecule has 18 heavy (non-hydrogen) atoms. The zero-order chi connectivity index (χ0) is 13.2. The van der Waals surface area contributed by atoms with Gasteiger partial charge in [0.1, 0.15) is 5.69 Å². The van der Waals surface area contributed by atoms with Gasteiger partial charge in [0.2, 0.25) is 5.91 Å². The van der Waals surface area contributed by atoms with Crippen LogP contribution in [0.3, 0.4) is 0 Å². The molecule has 0 bridgehead atoms. The van der Waals surface area contributed by atoms with E-state index in [1.807, 2.05) is 38.1 Å². The van der Waals surface area contributed by atoms with Gasteiger partial charge in [-0.1, -0.05) is 17.3 Å². The number of halogens is 1. The van der Waals surface area contributed by atoms with Crippen molar-refractivity contribution >= 4 is 28.5 Å². The summed E-state index contributed by atoms with van der Waals surface area (Å²) in [5.41, 5.74) is 0.920. The summed E-state index contributed by atoms with van der Waals surface area (Å²) < 4.78 is 5.15. The fraction of sp³-hybridized carbons (Fsp3) is 0.385. The highest BCUT2D eigenvalue weighted by Crippen LogP contribution is 2.18. The Kier molecular flexibility index (Phi) is 3.57. The van der Waals surface area contributed by atoms with Gasteiger partial charge in [-0.15, -0.1) is 11.6 Å². The number of nitrogens with zero attached hydrogens (tertiary/aromatic N) is 1. The molecule has 1 heterocycles. The number of hydrogen-bond donors (Lipinski definition) is 1. The quantitative estimate of drug-likeness (QED) is 0.865. The van der Waals surface area contributed by atoms with E-state index in [2.05, 4.69) is 10.5 Å².